The standard InChI is InChI=1S/C54H34N2S/c1-2-13-36(14-3-1)53-47-19-8-10-20-49(47)56-50(53)33-38-15-5-7-17-45(38)54(56)37-24-26-40(27-25-37)55(42-29-31-52-48(34-42)46-18-9-11-21-51(46)57-52)41-28-30-44-39(32-41)23-22-35-12-4-6-16-43(35)44/h1-34H. The molecular formula is C54H34N2S. The number of rotatable bonds is 5. The van der Waals surface area contributed by atoms with E-state index in [2.05, 4.69) is 216 Å². The summed E-state index contributed by atoms with van der Waals surface area (Å²) in [6.07, 6.45) is 0. The van der Waals surface area contributed by atoms with Crippen molar-refractivity contribution >= 4 is 97.3 Å². The van der Waals surface area contributed by atoms with Crippen molar-refractivity contribution in [3.63, 3.8) is 0 Å². The van der Waals surface area contributed by atoms with Crippen LogP contribution in [-0.2, 0) is 0 Å². The third-order valence-corrected chi connectivity index (χ3v) is 12.9. The molecule has 0 radical (unpaired) electrons. The number of hydrogen-bond donors (Lipinski definition) is 0. The summed E-state index contributed by atoms with van der Waals surface area (Å²) in [5, 5.41) is 11.3. The normalized spacial score (nSPS) is 11.9. The fourth-order valence-electron chi connectivity index (χ4n) is 9.14. The molecule has 0 aliphatic heterocycles. The molecule has 266 valence electrons. The number of nitrogens with zero attached hydrogens (tertiary/aromatic N) is 2. The van der Waals surface area contributed by atoms with Crippen molar-refractivity contribution in [3.05, 3.63) is 206 Å². The van der Waals surface area contributed by atoms with Crippen LogP contribution in [-0.4, -0.2) is 4.40 Å². The maximum absolute atomic E-state index is 2.48. The van der Waals surface area contributed by atoms with E-state index in [9.17, 15) is 0 Å². The molecule has 0 spiro atoms. The van der Waals surface area contributed by atoms with E-state index < -0.39 is 0 Å². The van der Waals surface area contributed by atoms with Gasteiger partial charge in [0.15, 0.2) is 0 Å². The minimum atomic E-state index is 1.11. The Balaban J connectivity index is 1.08. The van der Waals surface area contributed by atoms with Gasteiger partial charge in [-0.25, -0.2) is 0 Å². The first-order valence-electron chi connectivity index (χ1n) is 19.5. The molecule has 2 nitrogen and oxygen atoms in total. The zero-order valence-corrected chi connectivity index (χ0v) is 31.7. The molecule has 0 unspecified atom stereocenters. The molecule has 0 fully saturated rings. The summed E-state index contributed by atoms with van der Waals surface area (Å²) in [4.78, 5) is 2.42. The highest BCUT2D eigenvalue weighted by Crippen LogP contribution is 2.44. The van der Waals surface area contributed by atoms with Gasteiger partial charge in [-0.3, -0.25) is 0 Å². The summed E-state index contributed by atoms with van der Waals surface area (Å²) < 4.78 is 5.09. The average Bonchev–Trinajstić information content (AvgIpc) is 3.81. The van der Waals surface area contributed by atoms with E-state index in [-0.39, 0.29) is 0 Å². The Morgan fingerprint density at radius 3 is 1.79 bits per heavy atom. The molecule has 3 heteroatoms. The molecule has 0 bridgehead atoms. The second-order valence-corrected chi connectivity index (χ2v) is 16.0. The van der Waals surface area contributed by atoms with Crippen LogP contribution in [0, 0.1) is 0 Å². The number of thiophene rings is 1. The van der Waals surface area contributed by atoms with E-state index in [0.717, 1.165) is 17.1 Å². The number of anilines is 3. The van der Waals surface area contributed by atoms with E-state index in [1.165, 1.54) is 91.3 Å². The third kappa shape index (κ3) is 5.03. The highest BCUT2D eigenvalue weighted by atomic mass is 32.1. The van der Waals surface area contributed by atoms with Crippen molar-refractivity contribution in [2.45, 2.75) is 0 Å². The van der Waals surface area contributed by atoms with Gasteiger partial charge >= 0.3 is 0 Å². The Hall–Kier alpha value is -7.20. The Bertz CT molecular complexity index is 3520. The second kappa shape index (κ2) is 12.7. The fraction of sp³-hybridized carbons (Fsp3) is 0. The molecular weight excluding hydrogens is 709 g/mol. The molecule has 0 aliphatic carbocycles. The van der Waals surface area contributed by atoms with Gasteiger partial charge in [-0.05, 0) is 98.7 Å². The summed E-state index contributed by atoms with van der Waals surface area (Å²) in [5.74, 6) is 0. The molecule has 57 heavy (non-hydrogen) atoms. The van der Waals surface area contributed by atoms with Gasteiger partial charge < -0.3 is 9.30 Å². The Morgan fingerprint density at radius 1 is 0.333 bits per heavy atom. The number of fused-ring (bicyclic) bond motifs is 10. The highest BCUT2D eigenvalue weighted by Gasteiger charge is 2.21. The van der Waals surface area contributed by atoms with Crippen LogP contribution < -0.4 is 4.90 Å². The van der Waals surface area contributed by atoms with Crippen molar-refractivity contribution in [2.75, 3.05) is 4.90 Å². The van der Waals surface area contributed by atoms with Gasteiger partial charge in [-0.2, -0.15) is 0 Å². The SMILES string of the molecule is c1ccc(-c2c3ccccc3n3c(-c4ccc(N(c5ccc6c(ccc7ccccc76)c5)c5ccc6sc7ccccc7c6c5)cc4)c4ccccc4cc23)cc1. The lowest BCUT2D eigenvalue weighted by atomic mass is 9.99. The van der Waals surface area contributed by atoms with E-state index >= 15 is 0 Å². The number of hydrogen-bond acceptors (Lipinski definition) is 2. The maximum atomic E-state index is 2.48. The van der Waals surface area contributed by atoms with Crippen LogP contribution in [0.5, 0.6) is 0 Å². The molecule has 0 saturated heterocycles. The van der Waals surface area contributed by atoms with E-state index in [1.54, 1.807) is 0 Å². The zero-order chi connectivity index (χ0) is 37.5. The minimum absolute atomic E-state index is 1.11. The summed E-state index contributed by atoms with van der Waals surface area (Å²) in [7, 11) is 0. The maximum Gasteiger partial charge on any atom is 0.0612 e. The minimum Gasteiger partial charge on any atom is -0.310 e. The number of pyridine rings is 1. The first-order chi connectivity index (χ1) is 28.3. The Labute approximate surface area is 333 Å². The molecule has 0 atom stereocenters. The smallest absolute Gasteiger partial charge is 0.0612 e. The fourth-order valence-corrected chi connectivity index (χ4v) is 10.2. The quantitative estimate of drug-likeness (QED) is 0.159. The molecule has 12 aromatic rings. The lowest BCUT2D eigenvalue weighted by Crippen LogP contribution is -2.10. The molecule has 3 aromatic heterocycles. The predicted octanol–water partition coefficient (Wildman–Crippen LogP) is 15.7. The van der Waals surface area contributed by atoms with Crippen LogP contribution in [0.4, 0.5) is 17.1 Å². The zero-order valence-electron chi connectivity index (χ0n) is 30.9. The van der Waals surface area contributed by atoms with Gasteiger partial charge in [0, 0.05) is 53.6 Å². The lowest BCUT2D eigenvalue weighted by Gasteiger charge is -2.26. The van der Waals surface area contributed by atoms with E-state index in [0.29, 0.717) is 0 Å². The highest BCUT2D eigenvalue weighted by molar-refractivity contribution is 7.25. The van der Waals surface area contributed by atoms with Gasteiger partial charge in [0.05, 0.1) is 16.7 Å². The summed E-state index contributed by atoms with van der Waals surface area (Å²) in [6, 6.07) is 75.8. The van der Waals surface area contributed by atoms with Gasteiger partial charge in [0.2, 0.25) is 0 Å². The summed E-state index contributed by atoms with van der Waals surface area (Å²) in [6.45, 7) is 0. The van der Waals surface area contributed by atoms with Crippen LogP contribution in [0.2, 0.25) is 0 Å². The van der Waals surface area contributed by atoms with Gasteiger partial charge in [-0.15, -0.1) is 11.3 Å². The lowest BCUT2D eigenvalue weighted by molar-refractivity contribution is 1.27. The first-order valence-corrected chi connectivity index (χ1v) is 20.3. The number of para-hydroxylation sites is 1. The molecule has 3 heterocycles. The molecule has 12 rings (SSSR count). The predicted molar refractivity (Wildman–Crippen MR) is 246 cm³/mol. The van der Waals surface area contributed by atoms with Gasteiger partial charge in [0.1, 0.15) is 0 Å². The summed E-state index contributed by atoms with van der Waals surface area (Å²) >= 11 is 1.86. The Kier molecular flexibility index (Phi) is 7.13. The van der Waals surface area contributed by atoms with Crippen molar-refractivity contribution in [1.29, 1.82) is 0 Å². The van der Waals surface area contributed by atoms with Crippen LogP contribution in [0.1, 0.15) is 0 Å². The van der Waals surface area contributed by atoms with Crippen molar-refractivity contribution in [1.82, 2.24) is 4.40 Å². The largest absolute Gasteiger partial charge is 0.310 e. The molecule has 0 saturated carbocycles. The topological polar surface area (TPSA) is 7.65 Å². The van der Waals surface area contributed by atoms with Crippen LogP contribution in [0.15, 0.2) is 206 Å². The number of aromatic nitrogens is 1. The van der Waals surface area contributed by atoms with Crippen LogP contribution >= 0.6 is 11.3 Å². The molecule has 0 aliphatic rings. The molecule has 9 aromatic carbocycles. The third-order valence-electron chi connectivity index (χ3n) is 11.7. The van der Waals surface area contributed by atoms with Crippen LogP contribution in [0.25, 0.3) is 91.3 Å². The van der Waals surface area contributed by atoms with Crippen LogP contribution in [0.3, 0.4) is 0 Å². The van der Waals surface area contributed by atoms with Gasteiger partial charge in [0.25, 0.3) is 0 Å². The van der Waals surface area contributed by atoms with Gasteiger partial charge in [-0.1, -0.05) is 146 Å². The van der Waals surface area contributed by atoms with E-state index in [4.69, 9.17) is 0 Å². The van der Waals surface area contributed by atoms with Crippen molar-refractivity contribution < 1.29 is 0 Å². The van der Waals surface area contributed by atoms with E-state index in [1.807, 2.05) is 11.3 Å². The van der Waals surface area contributed by atoms with Crippen molar-refractivity contribution in [2.24, 2.45) is 0 Å². The summed E-state index contributed by atoms with van der Waals surface area (Å²) in [5.41, 5.74) is 10.6. The van der Waals surface area contributed by atoms with Crippen molar-refractivity contribution in [3.8, 4) is 22.4 Å². The number of benzene rings is 9. The molecule has 0 N–H and O–H groups in total. The first kappa shape index (κ1) is 32.1. The average molecular weight is 743 g/mol. The second-order valence-electron chi connectivity index (χ2n) is 14.9. The molecule has 0 amide bonds. The Morgan fingerprint density at radius 2 is 0.930 bits per heavy atom. The monoisotopic (exact) mass is 742 g/mol.